The smallest absolute Gasteiger partial charge is 0.250 e. The maximum Gasteiger partial charge on any atom is 0.270 e. The van der Waals surface area contributed by atoms with Crippen LogP contribution in [0.2, 0.25) is 0 Å². The van der Waals surface area contributed by atoms with Gasteiger partial charge in [-0.1, -0.05) is 30.3 Å². The average molecular weight is 599 g/mol. The zero-order valence-electron chi connectivity index (χ0n) is 23.4. The first kappa shape index (κ1) is 29.9. The minimum Gasteiger partial charge on any atom is -0.250 e. The summed E-state index contributed by atoms with van der Waals surface area (Å²) < 4.78 is 17.1. The molecule has 0 heterocycles. The highest BCUT2D eigenvalue weighted by Gasteiger charge is 2.40. The molecule has 208 valence electrons. The van der Waals surface area contributed by atoms with Gasteiger partial charge in [-0.2, -0.15) is 15.8 Å². The van der Waals surface area contributed by atoms with E-state index in [0.29, 0.717) is 0 Å². The van der Waals surface area contributed by atoms with E-state index in [4.69, 9.17) is 32.9 Å². The molecule has 0 unspecified atom stereocenters. The normalized spacial score (nSPS) is 14.2. The van der Waals surface area contributed by atoms with Crippen molar-refractivity contribution in [3.05, 3.63) is 161 Å². The van der Waals surface area contributed by atoms with Gasteiger partial charge < -0.3 is 0 Å². The molecule has 5 rings (SSSR count). The van der Waals surface area contributed by atoms with E-state index in [9.17, 15) is 26.3 Å². The van der Waals surface area contributed by atoms with Gasteiger partial charge in [0.1, 0.15) is 24.0 Å². The molecule has 0 N–H and O–H groups in total. The molecule has 0 spiro atoms. The summed E-state index contributed by atoms with van der Waals surface area (Å²) in [4.78, 5) is 16.9. The molecule has 0 atom stereocenters. The van der Waals surface area contributed by atoms with Crippen molar-refractivity contribution in [2.45, 2.75) is 0 Å². The second-order valence-corrected chi connectivity index (χ2v) is 9.54. The van der Waals surface area contributed by atoms with Gasteiger partial charge in [0.05, 0.1) is 61.7 Å². The molecule has 0 saturated carbocycles. The summed E-state index contributed by atoms with van der Waals surface area (Å²) in [6, 6.07) is 18.5. The quantitative estimate of drug-likeness (QED) is 0.216. The van der Waals surface area contributed by atoms with E-state index >= 15 is 4.39 Å². The van der Waals surface area contributed by atoms with Crippen LogP contribution >= 0.6 is 0 Å². The van der Waals surface area contributed by atoms with E-state index in [-0.39, 0.29) is 89.4 Å². The fourth-order valence-corrected chi connectivity index (χ4v) is 5.59. The zero-order valence-corrected chi connectivity index (χ0v) is 23.4. The fraction of sp³-hybridized carbons (Fsp3) is 0. The molecule has 2 aliphatic carbocycles. The maximum atomic E-state index is 17.1. The van der Waals surface area contributed by atoms with Crippen molar-refractivity contribution in [1.82, 2.24) is 0 Å². The van der Waals surface area contributed by atoms with E-state index in [0.717, 1.165) is 0 Å². The van der Waals surface area contributed by atoms with Crippen LogP contribution in [-0.2, 0) is 0 Å². The monoisotopic (exact) mass is 598 g/mol. The Kier molecular flexibility index (Phi) is 7.40. The zero-order chi connectivity index (χ0) is 34.0. The lowest BCUT2D eigenvalue weighted by Crippen LogP contribution is -2.00. The number of hydrogen-bond donors (Lipinski definition) is 0. The lowest BCUT2D eigenvalue weighted by atomic mass is 9.91. The van der Waals surface area contributed by atoms with Gasteiger partial charge in [-0.05, 0) is 51.1 Å². The summed E-state index contributed by atoms with van der Waals surface area (Å²) >= 11 is 0. The second-order valence-electron chi connectivity index (χ2n) is 9.54. The number of hydrogen-bond acceptors (Lipinski definition) is 5. The molecule has 0 saturated heterocycles. The number of benzene rings is 3. The molecule has 2 aliphatic rings. The van der Waals surface area contributed by atoms with Crippen LogP contribution in [0.3, 0.4) is 0 Å². The molecule has 10 nitrogen and oxygen atoms in total. The third-order valence-corrected chi connectivity index (χ3v) is 7.46. The molecule has 0 radical (unpaired) electrons. The molecular weight excluding hydrogens is 591 g/mol. The fourth-order valence-electron chi connectivity index (χ4n) is 5.59. The van der Waals surface area contributed by atoms with Crippen LogP contribution in [0.4, 0.5) is 15.8 Å². The van der Waals surface area contributed by atoms with E-state index in [2.05, 4.69) is 24.2 Å². The van der Waals surface area contributed by atoms with Crippen LogP contribution in [0.1, 0.15) is 44.5 Å². The first-order valence-electron chi connectivity index (χ1n) is 12.8. The summed E-state index contributed by atoms with van der Waals surface area (Å²) in [5, 5.41) is 49.3. The molecule has 0 aliphatic heterocycles. The SMILES string of the molecule is [C-]#[N+]C1=C(c2ccc([N+]#[C-])c([N+]#[C-])c2)/C(=C(/C#N)[N+]#[C-])c2c1cc1c(c2F)C(C#N)=C(c2ccc(C#N)c(C#N)c2)/C1=C(\C#N)[N+]#[C-]. The molecule has 0 fully saturated rings. The van der Waals surface area contributed by atoms with E-state index in [1.807, 2.05) is 18.2 Å². The lowest BCUT2D eigenvalue weighted by molar-refractivity contribution is 0.620. The van der Waals surface area contributed by atoms with Gasteiger partial charge in [0.25, 0.3) is 11.4 Å². The van der Waals surface area contributed by atoms with E-state index < -0.39 is 17.2 Å². The highest BCUT2D eigenvalue weighted by Crippen LogP contribution is 2.56. The van der Waals surface area contributed by atoms with Crippen molar-refractivity contribution in [2.75, 3.05) is 0 Å². The maximum absolute atomic E-state index is 17.1. The average Bonchev–Trinajstić information content (AvgIpc) is 3.62. The predicted octanol–water partition coefficient (Wildman–Crippen LogP) is 8.23. The van der Waals surface area contributed by atoms with Gasteiger partial charge in [-0.15, -0.1) is 0 Å². The Morgan fingerprint density at radius 1 is 0.596 bits per heavy atom. The highest BCUT2D eigenvalue weighted by atomic mass is 19.1. The van der Waals surface area contributed by atoms with Crippen LogP contribution in [0, 0.1) is 95.3 Å². The molecule has 0 bridgehead atoms. The largest absolute Gasteiger partial charge is 0.270 e. The van der Waals surface area contributed by atoms with Crippen molar-refractivity contribution >= 4 is 44.9 Å². The first-order chi connectivity index (χ1) is 22.8. The van der Waals surface area contributed by atoms with Gasteiger partial charge in [0.2, 0.25) is 5.70 Å². The number of rotatable bonds is 2. The van der Waals surface area contributed by atoms with Gasteiger partial charge in [-0.3, -0.25) is 9.69 Å². The Labute approximate surface area is 266 Å². The Bertz CT molecular complexity index is 2600. The standard InChI is InChI=1S/C36H7FN10/c1-43-25-9-8-19(11-26(25)44-2)30-34(28(17-42)46-4)33-23(36(30)47-5)12-22-31(35(33)37)24(15-40)29(32(22)27(16-41)45-3)18-6-7-20(13-38)21(10-18)14-39/h6-12H/b32-27+,34-28+. The molecule has 0 aromatic heterocycles. The van der Waals surface area contributed by atoms with Crippen molar-refractivity contribution < 1.29 is 4.39 Å². The second kappa shape index (κ2) is 11.6. The Hall–Kier alpha value is -8.55. The van der Waals surface area contributed by atoms with Gasteiger partial charge in [0, 0.05) is 16.7 Å². The molecule has 11 heteroatoms. The van der Waals surface area contributed by atoms with Gasteiger partial charge in [0.15, 0.2) is 11.4 Å². The number of halogens is 1. The summed E-state index contributed by atoms with van der Waals surface area (Å²) in [6.07, 6.45) is 0. The van der Waals surface area contributed by atoms with Crippen LogP contribution in [0.25, 0.3) is 57.8 Å². The minimum atomic E-state index is -1.11. The summed E-state index contributed by atoms with van der Waals surface area (Å²) in [5.41, 5.74) is -2.83. The van der Waals surface area contributed by atoms with Gasteiger partial charge >= 0.3 is 0 Å². The van der Waals surface area contributed by atoms with Crippen LogP contribution in [0.5, 0.6) is 0 Å². The lowest BCUT2D eigenvalue weighted by Gasteiger charge is -2.14. The van der Waals surface area contributed by atoms with Crippen molar-refractivity contribution in [2.24, 2.45) is 0 Å². The third kappa shape index (κ3) is 4.23. The molecule has 3 aromatic carbocycles. The number of nitriles is 5. The minimum absolute atomic E-state index is 0.0160. The van der Waals surface area contributed by atoms with Crippen LogP contribution in [0.15, 0.2) is 53.9 Å². The van der Waals surface area contributed by atoms with Gasteiger partial charge in [-0.25, -0.2) is 29.4 Å². The number of nitrogens with zero attached hydrogens (tertiary/aromatic N) is 10. The molecular formula is C36H7FN10. The van der Waals surface area contributed by atoms with E-state index in [1.54, 1.807) is 12.1 Å². The summed E-state index contributed by atoms with van der Waals surface area (Å²) in [5.74, 6) is -1.11. The Morgan fingerprint density at radius 3 is 1.77 bits per heavy atom. The van der Waals surface area contributed by atoms with Crippen molar-refractivity contribution in [1.29, 1.82) is 26.3 Å². The molecule has 0 amide bonds. The molecule has 3 aromatic rings. The van der Waals surface area contributed by atoms with Crippen LogP contribution < -0.4 is 0 Å². The molecule has 47 heavy (non-hydrogen) atoms. The van der Waals surface area contributed by atoms with Crippen molar-refractivity contribution in [3.63, 3.8) is 0 Å². The van der Waals surface area contributed by atoms with Crippen LogP contribution in [-0.4, -0.2) is 0 Å². The topological polar surface area (TPSA) is 141 Å². The highest BCUT2D eigenvalue weighted by molar-refractivity contribution is 6.29. The Morgan fingerprint density at radius 2 is 1.21 bits per heavy atom. The summed E-state index contributed by atoms with van der Waals surface area (Å²) in [7, 11) is 0. The number of allylic oxidation sites excluding steroid dienone is 7. The Balaban J connectivity index is 1.98. The summed E-state index contributed by atoms with van der Waals surface area (Å²) in [6.45, 7) is 38.3. The van der Waals surface area contributed by atoms with Crippen molar-refractivity contribution in [3.8, 4) is 30.3 Å². The third-order valence-electron chi connectivity index (χ3n) is 7.46. The number of fused-ring (bicyclic) bond motifs is 2. The first-order valence-corrected chi connectivity index (χ1v) is 12.8. The van der Waals surface area contributed by atoms with E-state index in [1.165, 1.54) is 42.5 Å². The predicted molar refractivity (Wildman–Crippen MR) is 165 cm³/mol.